The maximum Gasteiger partial charge on any atom is 0.0679 e. The van der Waals surface area contributed by atoms with Crippen molar-refractivity contribution in [3.8, 4) is 11.1 Å². The molecule has 0 fully saturated rings. The molecule has 2 heteroatoms. The molecule has 138 valence electrons. The van der Waals surface area contributed by atoms with E-state index in [0.717, 1.165) is 17.8 Å². The van der Waals surface area contributed by atoms with E-state index in [0.29, 0.717) is 5.92 Å². The minimum atomic E-state index is -0.322. The maximum absolute atomic E-state index is 6.18. The number of nitrogen functional groups attached to an aromatic ring is 1. The van der Waals surface area contributed by atoms with Crippen molar-refractivity contribution in [3.05, 3.63) is 113 Å². The number of anilines is 1. The zero-order valence-electron chi connectivity index (χ0n) is 16.0. The summed E-state index contributed by atoms with van der Waals surface area (Å²) in [4.78, 5) is 0. The van der Waals surface area contributed by atoms with Crippen molar-refractivity contribution in [3.63, 3.8) is 0 Å². The van der Waals surface area contributed by atoms with E-state index in [1.54, 1.807) is 0 Å². The van der Waals surface area contributed by atoms with E-state index in [2.05, 4.69) is 79.7 Å². The van der Waals surface area contributed by atoms with E-state index in [1.807, 2.05) is 12.1 Å². The van der Waals surface area contributed by atoms with Crippen molar-refractivity contribution < 1.29 is 0 Å². The molecule has 1 unspecified atom stereocenters. The third-order valence-corrected chi connectivity index (χ3v) is 6.28. The predicted octanol–water partition coefficient (Wildman–Crippen LogP) is 5.39. The molecule has 0 aromatic heterocycles. The highest BCUT2D eigenvalue weighted by molar-refractivity contribution is 5.86. The zero-order valence-corrected chi connectivity index (χ0v) is 16.0. The summed E-state index contributed by atoms with van der Waals surface area (Å²) in [7, 11) is 0. The van der Waals surface area contributed by atoms with Gasteiger partial charge in [0.05, 0.1) is 5.41 Å². The smallest absolute Gasteiger partial charge is 0.0679 e. The number of nitrogens with two attached hydrogens (primary N) is 2. The maximum atomic E-state index is 6.18. The average molecular weight is 364 g/mol. The molecule has 0 aliphatic heterocycles. The summed E-state index contributed by atoms with van der Waals surface area (Å²) in [6.45, 7) is 2.29. The first-order valence-corrected chi connectivity index (χ1v) is 9.84. The summed E-state index contributed by atoms with van der Waals surface area (Å²) in [5.41, 5.74) is 21.6. The fourth-order valence-electron chi connectivity index (χ4n) is 5.14. The lowest BCUT2D eigenvalue weighted by molar-refractivity contribution is 0.561. The Morgan fingerprint density at radius 3 is 1.89 bits per heavy atom. The van der Waals surface area contributed by atoms with E-state index >= 15 is 0 Å². The second-order valence-electron chi connectivity index (χ2n) is 7.93. The van der Waals surface area contributed by atoms with Crippen molar-refractivity contribution in [2.45, 2.75) is 18.8 Å². The van der Waals surface area contributed by atoms with E-state index in [9.17, 15) is 0 Å². The minimum Gasteiger partial charge on any atom is -0.402 e. The summed E-state index contributed by atoms with van der Waals surface area (Å²) in [6.07, 6.45) is 5.21. The van der Waals surface area contributed by atoms with Gasteiger partial charge in [0.15, 0.2) is 0 Å². The normalized spacial score (nSPS) is 19.4. The van der Waals surface area contributed by atoms with Crippen molar-refractivity contribution >= 4 is 5.69 Å². The third kappa shape index (κ3) is 2.21. The van der Waals surface area contributed by atoms with Crippen molar-refractivity contribution in [1.29, 1.82) is 0 Å². The second-order valence-corrected chi connectivity index (χ2v) is 7.93. The minimum absolute atomic E-state index is 0.322. The van der Waals surface area contributed by atoms with Crippen LogP contribution < -0.4 is 11.5 Å². The molecule has 0 spiro atoms. The largest absolute Gasteiger partial charge is 0.402 e. The summed E-state index contributed by atoms with van der Waals surface area (Å²) in [6, 6.07) is 26.0. The Labute approximate surface area is 166 Å². The zero-order chi connectivity index (χ0) is 19.3. The van der Waals surface area contributed by atoms with E-state index < -0.39 is 0 Å². The molecular formula is C26H24N2. The lowest BCUT2D eigenvalue weighted by Gasteiger charge is -2.39. The summed E-state index contributed by atoms with van der Waals surface area (Å²) in [5, 5.41) is 0. The van der Waals surface area contributed by atoms with Crippen LogP contribution in [0.3, 0.4) is 0 Å². The molecule has 3 aromatic carbocycles. The van der Waals surface area contributed by atoms with Crippen molar-refractivity contribution in [1.82, 2.24) is 0 Å². The van der Waals surface area contributed by atoms with Gasteiger partial charge >= 0.3 is 0 Å². The SMILES string of the molecule is CC1CC(N)=CC=C1C1(c2ccc(N)cc2)c2ccccc2-c2ccccc21. The summed E-state index contributed by atoms with van der Waals surface area (Å²) in [5.74, 6) is 0.349. The fourth-order valence-corrected chi connectivity index (χ4v) is 5.14. The Hall–Kier alpha value is -3.26. The van der Waals surface area contributed by atoms with Crippen LogP contribution >= 0.6 is 0 Å². The Balaban J connectivity index is 1.93. The Kier molecular flexibility index (Phi) is 3.70. The van der Waals surface area contributed by atoms with Gasteiger partial charge in [-0.05, 0) is 63.9 Å². The number of hydrogen-bond donors (Lipinski definition) is 2. The predicted molar refractivity (Wildman–Crippen MR) is 117 cm³/mol. The van der Waals surface area contributed by atoms with Gasteiger partial charge in [0, 0.05) is 11.4 Å². The first-order chi connectivity index (χ1) is 13.6. The standard InChI is InChI=1S/C26H24N2/c1-17-16-20(28)14-15-23(17)26(18-10-12-19(27)13-11-18)24-8-4-2-6-21(24)22-7-3-5-9-25(22)26/h2-15,17H,16,27-28H2,1H3. The second kappa shape index (κ2) is 6.13. The molecule has 5 rings (SSSR count). The van der Waals surface area contributed by atoms with Crippen LogP contribution in [0.4, 0.5) is 5.69 Å². The molecule has 0 heterocycles. The van der Waals surface area contributed by atoms with Gasteiger partial charge in [0.2, 0.25) is 0 Å². The van der Waals surface area contributed by atoms with Gasteiger partial charge in [-0.2, -0.15) is 0 Å². The molecule has 2 nitrogen and oxygen atoms in total. The van der Waals surface area contributed by atoms with Crippen LogP contribution in [-0.2, 0) is 5.41 Å². The van der Waals surface area contributed by atoms with Crippen molar-refractivity contribution in [2.24, 2.45) is 11.7 Å². The fraction of sp³-hybridized carbons (Fsp3) is 0.154. The lowest BCUT2D eigenvalue weighted by Crippen LogP contribution is -2.34. The molecule has 28 heavy (non-hydrogen) atoms. The first kappa shape index (κ1) is 16.9. The number of rotatable bonds is 2. The van der Waals surface area contributed by atoms with Crippen LogP contribution in [0.25, 0.3) is 11.1 Å². The number of fused-ring (bicyclic) bond motifs is 3. The van der Waals surface area contributed by atoms with Crippen LogP contribution in [0, 0.1) is 5.92 Å². The lowest BCUT2D eigenvalue weighted by atomic mass is 9.62. The topological polar surface area (TPSA) is 52.0 Å². The highest BCUT2D eigenvalue weighted by Crippen LogP contribution is 2.58. The molecule has 0 bridgehead atoms. The quantitative estimate of drug-likeness (QED) is 0.599. The van der Waals surface area contributed by atoms with Crippen molar-refractivity contribution in [2.75, 3.05) is 5.73 Å². The molecule has 4 N–H and O–H groups in total. The van der Waals surface area contributed by atoms with Crippen LogP contribution in [0.5, 0.6) is 0 Å². The van der Waals surface area contributed by atoms with Gasteiger partial charge in [-0.1, -0.05) is 73.7 Å². The molecule has 1 atom stereocenters. The van der Waals surface area contributed by atoms with Gasteiger partial charge < -0.3 is 11.5 Å². The Morgan fingerprint density at radius 2 is 1.32 bits per heavy atom. The Morgan fingerprint density at radius 1 is 0.750 bits per heavy atom. The average Bonchev–Trinajstić information content (AvgIpc) is 3.00. The van der Waals surface area contributed by atoms with Gasteiger partial charge in [-0.25, -0.2) is 0 Å². The molecule has 0 saturated carbocycles. The molecule has 0 radical (unpaired) electrons. The highest BCUT2D eigenvalue weighted by Gasteiger charge is 2.48. The molecule has 0 saturated heterocycles. The van der Waals surface area contributed by atoms with Gasteiger partial charge in [0.25, 0.3) is 0 Å². The highest BCUT2D eigenvalue weighted by atomic mass is 14.6. The molecular weight excluding hydrogens is 340 g/mol. The number of benzene rings is 3. The van der Waals surface area contributed by atoms with Gasteiger partial charge in [0.1, 0.15) is 0 Å². The van der Waals surface area contributed by atoms with Gasteiger partial charge in [-0.15, -0.1) is 0 Å². The first-order valence-electron chi connectivity index (χ1n) is 9.84. The van der Waals surface area contributed by atoms with E-state index in [-0.39, 0.29) is 5.41 Å². The van der Waals surface area contributed by atoms with Crippen LogP contribution in [0.2, 0.25) is 0 Å². The molecule has 3 aromatic rings. The van der Waals surface area contributed by atoms with E-state index in [1.165, 1.54) is 33.4 Å². The van der Waals surface area contributed by atoms with Gasteiger partial charge in [-0.3, -0.25) is 0 Å². The van der Waals surface area contributed by atoms with Crippen LogP contribution in [0.15, 0.2) is 96.2 Å². The van der Waals surface area contributed by atoms with E-state index in [4.69, 9.17) is 11.5 Å². The molecule has 0 amide bonds. The Bertz CT molecular complexity index is 1070. The molecule has 2 aliphatic carbocycles. The third-order valence-electron chi connectivity index (χ3n) is 6.28. The monoisotopic (exact) mass is 364 g/mol. The van der Waals surface area contributed by atoms with Crippen LogP contribution in [0.1, 0.15) is 30.0 Å². The summed E-state index contributed by atoms with van der Waals surface area (Å²) < 4.78 is 0. The van der Waals surface area contributed by atoms with Crippen LogP contribution in [-0.4, -0.2) is 0 Å². The molecule has 2 aliphatic rings. The number of hydrogen-bond acceptors (Lipinski definition) is 2. The summed E-state index contributed by atoms with van der Waals surface area (Å²) >= 11 is 0. The number of allylic oxidation sites excluding steroid dienone is 4.